The molecule has 1 heterocycles. The fourth-order valence-corrected chi connectivity index (χ4v) is 2.88. The first-order valence-electron chi connectivity index (χ1n) is 9.17. The van der Waals surface area contributed by atoms with E-state index >= 15 is 0 Å². The van der Waals surface area contributed by atoms with Crippen molar-refractivity contribution in [2.45, 2.75) is 20.8 Å². The van der Waals surface area contributed by atoms with Gasteiger partial charge >= 0.3 is 0 Å². The van der Waals surface area contributed by atoms with E-state index in [2.05, 4.69) is 43.9 Å². The number of aromatic nitrogens is 2. The molecule has 10 heteroatoms. The van der Waals surface area contributed by atoms with E-state index in [4.69, 9.17) is 28.9 Å². The number of hydrogen-bond acceptors (Lipinski definition) is 5. The minimum absolute atomic E-state index is 0. The van der Waals surface area contributed by atoms with Gasteiger partial charge in [0.25, 0.3) is 5.95 Å². The summed E-state index contributed by atoms with van der Waals surface area (Å²) in [5, 5.41) is 3.87. The van der Waals surface area contributed by atoms with E-state index in [0.29, 0.717) is 21.7 Å². The number of aryl methyl sites for hydroxylation is 1. The summed E-state index contributed by atoms with van der Waals surface area (Å²) in [6.45, 7) is 10.1. The van der Waals surface area contributed by atoms with E-state index in [1.54, 1.807) is 18.2 Å². The largest absolute Gasteiger partial charge is 0.369 e. The molecule has 1 aromatic heterocycles. The lowest BCUT2D eigenvalue weighted by atomic mass is 10.3. The zero-order chi connectivity index (χ0) is 20.7. The Bertz CT molecular complexity index is 825. The van der Waals surface area contributed by atoms with E-state index in [9.17, 15) is 0 Å². The maximum atomic E-state index is 6.02. The Balaban J connectivity index is 0.00000420. The van der Waals surface area contributed by atoms with Gasteiger partial charge in [0.05, 0.1) is 10.0 Å². The van der Waals surface area contributed by atoms with Crippen molar-refractivity contribution >= 4 is 59.0 Å². The van der Waals surface area contributed by atoms with Crippen LogP contribution in [0.1, 0.15) is 19.5 Å². The summed E-state index contributed by atoms with van der Waals surface area (Å²) in [7, 11) is 2.01. The Morgan fingerprint density at radius 2 is 1.79 bits per heavy atom. The third-order valence-electron chi connectivity index (χ3n) is 4.28. The second-order valence-electron chi connectivity index (χ2n) is 6.37. The number of nitrogens with two attached hydrogens (primary N) is 1. The number of halogens is 3. The molecule has 160 valence electrons. The van der Waals surface area contributed by atoms with E-state index in [1.165, 1.54) is 0 Å². The van der Waals surface area contributed by atoms with Crippen molar-refractivity contribution < 1.29 is 0 Å². The smallest absolute Gasteiger partial charge is 0.254 e. The number of nitrogens with zero attached hydrogens (tertiary/aromatic N) is 5. The van der Waals surface area contributed by atoms with Crippen molar-refractivity contribution in [2.75, 3.05) is 43.4 Å². The average Bonchev–Trinajstić information content (AvgIpc) is 2.64. The van der Waals surface area contributed by atoms with E-state index in [0.717, 1.165) is 37.7 Å². The van der Waals surface area contributed by atoms with Crippen LogP contribution in [0.5, 0.6) is 0 Å². The Labute approximate surface area is 188 Å². The number of benzene rings is 1. The first-order chi connectivity index (χ1) is 13.3. The summed E-state index contributed by atoms with van der Waals surface area (Å²) >= 11 is 11.9. The first-order valence-corrected chi connectivity index (χ1v) is 9.93. The van der Waals surface area contributed by atoms with Gasteiger partial charge in [-0.15, -0.1) is 12.4 Å². The van der Waals surface area contributed by atoms with Crippen LogP contribution in [0, 0.1) is 6.92 Å². The molecule has 3 N–H and O–H groups in total. The van der Waals surface area contributed by atoms with Gasteiger partial charge in [0, 0.05) is 37.6 Å². The van der Waals surface area contributed by atoms with Gasteiger partial charge in [-0.2, -0.15) is 9.98 Å². The maximum absolute atomic E-state index is 6.02. The van der Waals surface area contributed by atoms with Crippen LogP contribution in [0.4, 0.5) is 17.5 Å². The maximum Gasteiger partial charge on any atom is 0.254 e. The van der Waals surface area contributed by atoms with Crippen LogP contribution in [0.25, 0.3) is 0 Å². The van der Waals surface area contributed by atoms with E-state index in [-0.39, 0.29) is 18.4 Å². The molecule has 0 spiro atoms. The van der Waals surface area contributed by atoms with Crippen molar-refractivity contribution in [3.63, 3.8) is 0 Å². The lowest BCUT2D eigenvalue weighted by molar-refractivity contribution is 0.311. The monoisotopic (exact) mass is 459 g/mol. The predicted octanol–water partition coefficient (Wildman–Crippen LogP) is 4.35. The van der Waals surface area contributed by atoms with Gasteiger partial charge in [0.15, 0.2) is 0 Å². The van der Waals surface area contributed by atoms with Gasteiger partial charge in [-0.3, -0.25) is 0 Å². The summed E-state index contributed by atoms with van der Waals surface area (Å²) in [6.07, 6.45) is 0. The molecule has 7 nitrogen and oxygen atoms in total. The lowest BCUT2D eigenvalue weighted by Crippen LogP contribution is -2.33. The first kappa shape index (κ1) is 25.2. The van der Waals surface area contributed by atoms with Crippen LogP contribution in [-0.4, -0.2) is 54.1 Å². The summed E-state index contributed by atoms with van der Waals surface area (Å²) in [4.78, 5) is 17.6. The van der Waals surface area contributed by atoms with Crippen molar-refractivity contribution in [3.8, 4) is 0 Å². The molecule has 0 aliphatic rings. The Kier molecular flexibility index (Phi) is 10.5. The predicted molar refractivity (Wildman–Crippen MR) is 126 cm³/mol. The highest BCUT2D eigenvalue weighted by Gasteiger charge is 2.09. The molecule has 0 aliphatic carbocycles. The van der Waals surface area contributed by atoms with Gasteiger partial charge in [0.2, 0.25) is 5.96 Å². The standard InChI is InChI=1S/C19H27Cl2N7.ClH/c1-5-28(6-2)10-9-27(4)17-11-13(3)23-19(25-17)26-18(22)24-14-7-8-15(20)16(21)12-14;/h7-8,11-12H,5-6,9-10H2,1-4H3,(H3,22,23,24,25,26);1H. The van der Waals surface area contributed by atoms with Crippen molar-refractivity contribution in [1.29, 1.82) is 0 Å². The second-order valence-corrected chi connectivity index (χ2v) is 7.18. The molecule has 2 rings (SSSR count). The summed E-state index contributed by atoms with van der Waals surface area (Å²) in [5.41, 5.74) is 7.50. The number of anilines is 2. The van der Waals surface area contributed by atoms with Gasteiger partial charge in [-0.25, -0.2) is 4.98 Å². The van der Waals surface area contributed by atoms with Crippen molar-refractivity contribution in [1.82, 2.24) is 14.9 Å². The molecule has 0 saturated heterocycles. The highest BCUT2D eigenvalue weighted by Crippen LogP contribution is 2.25. The number of rotatable bonds is 8. The fraction of sp³-hybridized carbons (Fsp3) is 0.421. The topological polar surface area (TPSA) is 82.7 Å². The number of aliphatic imine (C=N–C) groups is 1. The second kappa shape index (κ2) is 12.0. The summed E-state index contributed by atoms with van der Waals surface area (Å²) in [6, 6.07) is 7.06. The molecular weight excluding hydrogens is 433 g/mol. The van der Waals surface area contributed by atoms with Crippen molar-refractivity contribution in [2.24, 2.45) is 10.7 Å². The Hall–Kier alpha value is -1.80. The van der Waals surface area contributed by atoms with E-state index < -0.39 is 0 Å². The summed E-state index contributed by atoms with van der Waals surface area (Å²) in [5.74, 6) is 1.27. The number of guanidine groups is 1. The van der Waals surface area contributed by atoms with Crippen LogP contribution in [0.15, 0.2) is 29.3 Å². The molecule has 0 bridgehead atoms. The molecule has 0 radical (unpaired) electrons. The third-order valence-corrected chi connectivity index (χ3v) is 5.02. The van der Waals surface area contributed by atoms with Gasteiger partial charge in [0.1, 0.15) is 5.82 Å². The minimum Gasteiger partial charge on any atom is -0.369 e. The molecule has 0 aliphatic heterocycles. The zero-order valence-electron chi connectivity index (χ0n) is 17.1. The van der Waals surface area contributed by atoms with Crippen LogP contribution in [0.2, 0.25) is 10.0 Å². The third kappa shape index (κ3) is 7.85. The highest BCUT2D eigenvalue weighted by molar-refractivity contribution is 6.42. The average molecular weight is 461 g/mol. The molecule has 1 aromatic carbocycles. The molecule has 0 saturated carbocycles. The van der Waals surface area contributed by atoms with Crippen LogP contribution >= 0.6 is 35.6 Å². The van der Waals surface area contributed by atoms with Gasteiger partial charge in [-0.05, 0) is 38.2 Å². The van der Waals surface area contributed by atoms with Crippen LogP contribution in [0.3, 0.4) is 0 Å². The molecule has 0 atom stereocenters. The van der Waals surface area contributed by atoms with Crippen LogP contribution in [-0.2, 0) is 0 Å². The molecule has 0 fully saturated rings. The molecule has 2 aromatic rings. The number of nitrogens with one attached hydrogen (secondary N) is 1. The number of likely N-dealkylation sites (N-methyl/N-ethyl adjacent to an activating group) is 2. The SMILES string of the molecule is CCN(CC)CCN(C)c1cc(C)nc(/N=C(\N)Nc2ccc(Cl)c(Cl)c2)n1.Cl. The van der Waals surface area contributed by atoms with E-state index in [1.807, 2.05) is 20.0 Å². The van der Waals surface area contributed by atoms with Gasteiger partial charge in [-0.1, -0.05) is 37.0 Å². The zero-order valence-corrected chi connectivity index (χ0v) is 19.4. The molecule has 29 heavy (non-hydrogen) atoms. The quantitative estimate of drug-likeness (QED) is 0.450. The lowest BCUT2D eigenvalue weighted by Gasteiger charge is -2.24. The molecule has 0 amide bonds. The summed E-state index contributed by atoms with van der Waals surface area (Å²) < 4.78 is 0. The van der Waals surface area contributed by atoms with Crippen LogP contribution < -0.4 is 16.0 Å². The highest BCUT2D eigenvalue weighted by atomic mass is 35.5. The van der Waals surface area contributed by atoms with Crippen molar-refractivity contribution in [3.05, 3.63) is 40.0 Å². The molecule has 0 unspecified atom stereocenters. The Morgan fingerprint density at radius 1 is 1.10 bits per heavy atom. The van der Waals surface area contributed by atoms with Gasteiger partial charge < -0.3 is 20.9 Å². The molecular formula is C19H28Cl3N7. The fourth-order valence-electron chi connectivity index (χ4n) is 2.59. The normalized spacial score (nSPS) is 11.3. The Morgan fingerprint density at radius 3 is 2.41 bits per heavy atom. The minimum atomic E-state index is 0. The number of hydrogen-bond donors (Lipinski definition) is 2.